The predicted molar refractivity (Wildman–Crippen MR) is 124 cm³/mol. The molecule has 31 heavy (non-hydrogen) atoms. The lowest BCUT2D eigenvalue weighted by Gasteiger charge is -2.13. The first-order valence-corrected chi connectivity index (χ1v) is 10.8. The number of imide groups is 1. The van der Waals surface area contributed by atoms with E-state index in [2.05, 4.69) is 20.8 Å². The van der Waals surface area contributed by atoms with E-state index in [1.54, 1.807) is 6.92 Å². The van der Waals surface area contributed by atoms with Crippen molar-refractivity contribution in [2.24, 2.45) is 0 Å². The van der Waals surface area contributed by atoms with E-state index >= 15 is 0 Å². The topological polar surface area (TPSA) is 88.4 Å². The number of carbonyl (C=O) groups excluding carboxylic acids is 2. The largest absolute Gasteiger partial charge is 0.325 e. The Hall–Kier alpha value is -3.39. The molecule has 2 heterocycles. The van der Waals surface area contributed by atoms with E-state index in [9.17, 15) is 9.59 Å². The monoisotopic (exact) mass is 433 g/mol. The Kier molecular flexibility index (Phi) is 5.65. The van der Waals surface area contributed by atoms with Crippen molar-refractivity contribution in [1.29, 1.82) is 0 Å². The first kappa shape index (κ1) is 20.9. The first-order chi connectivity index (χ1) is 14.8. The summed E-state index contributed by atoms with van der Waals surface area (Å²) in [5.41, 5.74) is 5.52. The molecule has 2 N–H and O–H groups in total. The molecule has 7 nitrogen and oxygen atoms in total. The van der Waals surface area contributed by atoms with Crippen LogP contribution >= 0.6 is 11.8 Å². The average molecular weight is 434 g/mol. The number of para-hydroxylation sites is 1. The van der Waals surface area contributed by atoms with Crippen LogP contribution in [0.4, 0.5) is 10.5 Å². The molecule has 3 amide bonds. The number of fused-ring (bicyclic) bond motifs is 3. The minimum Gasteiger partial charge on any atom is -0.307 e. The van der Waals surface area contributed by atoms with Gasteiger partial charge in [-0.3, -0.25) is 14.5 Å². The van der Waals surface area contributed by atoms with Crippen LogP contribution in [0.3, 0.4) is 0 Å². The van der Waals surface area contributed by atoms with Crippen LogP contribution in [0, 0.1) is 20.8 Å². The fourth-order valence-corrected chi connectivity index (χ4v) is 4.35. The lowest BCUT2D eigenvalue weighted by molar-refractivity contribution is -0.119. The van der Waals surface area contributed by atoms with Crippen molar-refractivity contribution in [3.05, 3.63) is 65.2 Å². The number of amides is 3. The number of nitrogens with one attached hydrogen (secondary N) is 2. The number of hydrogen-bond acceptors (Lipinski definition) is 5. The van der Waals surface area contributed by atoms with Crippen LogP contribution in [0.25, 0.3) is 16.6 Å². The maximum absolute atomic E-state index is 12.6. The highest BCUT2D eigenvalue weighted by molar-refractivity contribution is 8.00. The van der Waals surface area contributed by atoms with E-state index < -0.39 is 17.2 Å². The summed E-state index contributed by atoms with van der Waals surface area (Å²) in [4.78, 5) is 24.9. The molecule has 158 valence electrons. The maximum atomic E-state index is 12.6. The molecular formula is C23H23N5O2S. The molecule has 0 bridgehead atoms. The molecule has 1 unspecified atom stereocenters. The van der Waals surface area contributed by atoms with Gasteiger partial charge in [0.25, 0.3) is 0 Å². The fourth-order valence-electron chi connectivity index (χ4n) is 3.48. The van der Waals surface area contributed by atoms with Gasteiger partial charge in [0.1, 0.15) is 0 Å². The van der Waals surface area contributed by atoms with E-state index in [1.807, 2.05) is 73.7 Å². The summed E-state index contributed by atoms with van der Waals surface area (Å²) >= 11 is 1.26. The summed E-state index contributed by atoms with van der Waals surface area (Å²) in [7, 11) is 0. The van der Waals surface area contributed by atoms with E-state index in [0.29, 0.717) is 10.8 Å². The van der Waals surface area contributed by atoms with Crippen LogP contribution in [0.15, 0.2) is 53.7 Å². The Morgan fingerprint density at radius 2 is 1.77 bits per heavy atom. The van der Waals surface area contributed by atoms with Crippen molar-refractivity contribution in [2.45, 2.75) is 38.1 Å². The molecule has 2 aromatic carbocycles. The van der Waals surface area contributed by atoms with Gasteiger partial charge < -0.3 is 5.32 Å². The number of pyridine rings is 1. The number of aromatic nitrogens is 3. The molecule has 0 aliphatic rings. The van der Waals surface area contributed by atoms with Gasteiger partial charge in [-0.25, -0.2) is 4.79 Å². The van der Waals surface area contributed by atoms with Gasteiger partial charge in [0.05, 0.1) is 10.8 Å². The number of carbonyl (C=O) groups is 2. The minimum absolute atomic E-state index is 0.402. The van der Waals surface area contributed by atoms with Crippen LogP contribution in [0.5, 0.6) is 0 Å². The van der Waals surface area contributed by atoms with Gasteiger partial charge in [-0.15, -0.1) is 10.2 Å². The second-order valence-electron chi connectivity index (χ2n) is 7.54. The Morgan fingerprint density at radius 1 is 1.00 bits per heavy atom. The molecule has 0 aliphatic carbocycles. The Morgan fingerprint density at radius 3 is 2.55 bits per heavy atom. The molecule has 0 spiro atoms. The van der Waals surface area contributed by atoms with Gasteiger partial charge in [-0.05, 0) is 57.0 Å². The second-order valence-corrected chi connectivity index (χ2v) is 8.85. The third kappa shape index (κ3) is 4.25. The van der Waals surface area contributed by atoms with E-state index in [1.165, 1.54) is 11.8 Å². The second kappa shape index (κ2) is 8.39. The SMILES string of the molecule is Cc1ccc(NC(=O)NC(=O)C(C)Sc2nnc3cc(C)c4ccccc4n23)c(C)c1. The van der Waals surface area contributed by atoms with Gasteiger partial charge in [-0.1, -0.05) is 47.7 Å². The normalized spacial score (nSPS) is 12.1. The number of nitrogens with zero attached hydrogens (tertiary/aromatic N) is 3. The van der Waals surface area contributed by atoms with Crippen LogP contribution in [0.2, 0.25) is 0 Å². The molecule has 2 aromatic heterocycles. The highest BCUT2D eigenvalue weighted by Gasteiger charge is 2.21. The molecule has 0 fully saturated rings. The van der Waals surface area contributed by atoms with Crippen LogP contribution in [-0.4, -0.2) is 31.8 Å². The standard InChI is InChI=1S/C23H23N5O2S/c1-13-9-10-18(15(3)11-13)24-22(30)25-21(29)16(4)31-23-27-26-20-12-14(2)17-7-5-6-8-19(17)28(20)23/h5-12,16H,1-4H3,(H2,24,25,29,30). The quantitative estimate of drug-likeness (QED) is 0.458. The predicted octanol–water partition coefficient (Wildman–Crippen LogP) is 4.64. The van der Waals surface area contributed by atoms with Gasteiger partial charge in [0.2, 0.25) is 5.91 Å². The fraction of sp³-hybridized carbons (Fsp3) is 0.217. The van der Waals surface area contributed by atoms with Crippen molar-refractivity contribution < 1.29 is 9.59 Å². The van der Waals surface area contributed by atoms with Crippen molar-refractivity contribution in [2.75, 3.05) is 5.32 Å². The lowest BCUT2D eigenvalue weighted by atomic mass is 10.1. The highest BCUT2D eigenvalue weighted by atomic mass is 32.2. The Bertz CT molecular complexity index is 1310. The summed E-state index contributed by atoms with van der Waals surface area (Å²) in [6.07, 6.45) is 0. The average Bonchev–Trinajstić information content (AvgIpc) is 3.12. The molecule has 4 rings (SSSR count). The number of aryl methyl sites for hydroxylation is 3. The maximum Gasteiger partial charge on any atom is 0.325 e. The number of rotatable bonds is 4. The Balaban J connectivity index is 1.50. The van der Waals surface area contributed by atoms with E-state index in [4.69, 9.17) is 0 Å². The summed E-state index contributed by atoms with van der Waals surface area (Å²) < 4.78 is 1.94. The molecule has 0 aliphatic heterocycles. The number of anilines is 1. The number of urea groups is 1. The smallest absolute Gasteiger partial charge is 0.307 e. The summed E-state index contributed by atoms with van der Waals surface area (Å²) in [5, 5.41) is 14.8. The number of benzene rings is 2. The summed E-state index contributed by atoms with van der Waals surface area (Å²) in [5.74, 6) is -0.402. The molecular weight excluding hydrogens is 410 g/mol. The molecule has 0 radical (unpaired) electrons. The van der Waals surface area contributed by atoms with E-state index in [-0.39, 0.29) is 0 Å². The van der Waals surface area contributed by atoms with Crippen molar-refractivity contribution in [3.63, 3.8) is 0 Å². The molecule has 4 aromatic rings. The van der Waals surface area contributed by atoms with Gasteiger partial charge in [0.15, 0.2) is 10.8 Å². The highest BCUT2D eigenvalue weighted by Crippen LogP contribution is 2.28. The van der Waals surface area contributed by atoms with Gasteiger partial charge >= 0.3 is 6.03 Å². The third-order valence-corrected chi connectivity index (χ3v) is 6.13. The van der Waals surface area contributed by atoms with Gasteiger partial charge in [0, 0.05) is 11.1 Å². The first-order valence-electron chi connectivity index (χ1n) is 9.92. The minimum atomic E-state index is -0.559. The van der Waals surface area contributed by atoms with E-state index in [0.717, 1.165) is 33.2 Å². The molecule has 0 saturated heterocycles. The Labute approximate surface area is 184 Å². The zero-order chi connectivity index (χ0) is 22.1. The molecule has 0 saturated carbocycles. The molecule has 8 heteroatoms. The van der Waals surface area contributed by atoms with Crippen LogP contribution in [-0.2, 0) is 4.79 Å². The zero-order valence-electron chi connectivity index (χ0n) is 17.8. The zero-order valence-corrected chi connectivity index (χ0v) is 18.6. The number of thioether (sulfide) groups is 1. The van der Waals surface area contributed by atoms with Crippen molar-refractivity contribution in [3.8, 4) is 0 Å². The van der Waals surface area contributed by atoms with Crippen molar-refractivity contribution in [1.82, 2.24) is 19.9 Å². The number of hydrogen-bond donors (Lipinski definition) is 2. The van der Waals surface area contributed by atoms with Crippen LogP contribution in [0.1, 0.15) is 23.6 Å². The van der Waals surface area contributed by atoms with Crippen molar-refractivity contribution >= 4 is 45.9 Å². The van der Waals surface area contributed by atoms with Gasteiger partial charge in [-0.2, -0.15) is 0 Å². The summed E-state index contributed by atoms with van der Waals surface area (Å²) in [6.45, 7) is 7.67. The lowest BCUT2D eigenvalue weighted by Crippen LogP contribution is -2.39. The summed E-state index contributed by atoms with van der Waals surface area (Å²) in [6, 6.07) is 15.1. The van der Waals surface area contributed by atoms with Crippen LogP contribution < -0.4 is 10.6 Å². The molecule has 1 atom stereocenters. The third-order valence-electron chi connectivity index (χ3n) is 5.09.